The second-order valence-electron chi connectivity index (χ2n) is 12.6. The van der Waals surface area contributed by atoms with Crippen LogP contribution in [-0.4, -0.2) is 69.0 Å². The van der Waals surface area contributed by atoms with E-state index in [-0.39, 0.29) is 42.5 Å². The van der Waals surface area contributed by atoms with Crippen LogP contribution in [0.3, 0.4) is 0 Å². The normalized spacial score (nSPS) is 14.7. The lowest BCUT2D eigenvalue weighted by Gasteiger charge is -2.33. The molecule has 10 nitrogen and oxygen atoms in total. The summed E-state index contributed by atoms with van der Waals surface area (Å²) in [6.07, 6.45) is 1.20. The first-order valence-electron chi connectivity index (χ1n) is 14.9. The summed E-state index contributed by atoms with van der Waals surface area (Å²) in [5, 5.41) is 17.1. The maximum absolute atomic E-state index is 13.1. The highest BCUT2D eigenvalue weighted by Gasteiger charge is 2.33. The van der Waals surface area contributed by atoms with Gasteiger partial charge in [0.1, 0.15) is 0 Å². The van der Waals surface area contributed by atoms with E-state index in [0.29, 0.717) is 37.6 Å². The molecule has 0 fully saturated rings. The van der Waals surface area contributed by atoms with E-state index in [9.17, 15) is 19.5 Å². The predicted octanol–water partition coefficient (Wildman–Crippen LogP) is 3.47. The van der Waals surface area contributed by atoms with Crippen LogP contribution in [0, 0.1) is 29.1 Å². The summed E-state index contributed by atoms with van der Waals surface area (Å²) in [5.74, 6) is 0.0991. The third-order valence-corrected chi connectivity index (χ3v) is 7.84. The Kier molecular flexibility index (Phi) is 15.9. The number of aliphatic hydroxyl groups excluding tert-OH is 1. The summed E-state index contributed by atoms with van der Waals surface area (Å²) in [6.45, 7) is 14.1. The SMILES string of the molecule is COCCCOc1cc(C[C@@H](C[C@H](NC(C)=O)[C@@H](O)C[C@@H](C(=O)NCC(C)(C)C(N)=O)C(C)C)C(C)C)ccc1OC. The first-order valence-corrected chi connectivity index (χ1v) is 14.9. The minimum absolute atomic E-state index is 0.0724. The van der Waals surface area contributed by atoms with Gasteiger partial charge >= 0.3 is 0 Å². The van der Waals surface area contributed by atoms with Gasteiger partial charge in [0.15, 0.2) is 11.5 Å². The number of nitrogens with two attached hydrogens (primary N) is 1. The summed E-state index contributed by atoms with van der Waals surface area (Å²) >= 11 is 0. The first-order chi connectivity index (χ1) is 19.6. The van der Waals surface area contributed by atoms with Crippen LogP contribution >= 0.6 is 0 Å². The van der Waals surface area contributed by atoms with Crippen LogP contribution in [0.5, 0.6) is 11.5 Å². The lowest BCUT2D eigenvalue weighted by molar-refractivity contribution is -0.130. The van der Waals surface area contributed by atoms with Gasteiger partial charge in [0.2, 0.25) is 17.7 Å². The molecule has 42 heavy (non-hydrogen) atoms. The predicted molar refractivity (Wildman–Crippen MR) is 164 cm³/mol. The minimum Gasteiger partial charge on any atom is -0.493 e. The van der Waals surface area contributed by atoms with E-state index in [0.717, 1.165) is 12.0 Å². The van der Waals surface area contributed by atoms with Gasteiger partial charge in [-0.1, -0.05) is 33.8 Å². The zero-order valence-corrected chi connectivity index (χ0v) is 27.1. The number of carbonyl (C=O) groups excluding carboxylic acids is 3. The van der Waals surface area contributed by atoms with Crippen molar-refractivity contribution in [2.45, 2.75) is 86.3 Å². The highest BCUT2D eigenvalue weighted by Crippen LogP contribution is 2.32. The van der Waals surface area contributed by atoms with Gasteiger partial charge in [-0.25, -0.2) is 0 Å². The van der Waals surface area contributed by atoms with E-state index < -0.39 is 29.4 Å². The standard InChI is InChI=1S/C32H55N3O7/c1-20(2)24(15-23-11-12-28(41-9)29(16-23)42-14-10-13-40-8)17-26(35-22(5)36)27(37)18-25(21(3)4)30(38)34-19-32(6,7)31(33)39/h11-12,16,20-21,24-27,37H,10,13-15,17-19H2,1-9H3,(H2,33,39)(H,34,38)(H,35,36)/t24-,25+,26-,27-/m0/s1. The molecular weight excluding hydrogens is 538 g/mol. The average Bonchev–Trinajstić information content (AvgIpc) is 2.91. The number of aliphatic hydroxyl groups is 1. The van der Waals surface area contributed by atoms with Crippen molar-refractivity contribution in [3.63, 3.8) is 0 Å². The van der Waals surface area contributed by atoms with E-state index >= 15 is 0 Å². The minimum atomic E-state index is -0.951. The molecule has 0 spiro atoms. The van der Waals surface area contributed by atoms with Crippen molar-refractivity contribution in [3.05, 3.63) is 23.8 Å². The quantitative estimate of drug-likeness (QED) is 0.169. The van der Waals surface area contributed by atoms with Crippen LogP contribution in [0.25, 0.3) is 0 Å². The van der Waals surface area contributed by atoms with Crippen LogP contribution in [0.4, 0.5) is 0 Å². The van der Waals surface area contributed by atoms with Crippen molar-refractivity contribution in [2.24, 2.45) is 34.8 Å². The number of ether oxygens (including phenoxy) is 3. The molecule has 5 N–H and O–H groups in total. The van der Waals surface area contributed by atoms with Crippen LogP contribution in [0.1, 0.15) is 73.3 Å². The van der Waals surface area contributed by atoms with E-state index in [1.807, 2.05) is 32.0 Å². The number of hydrogen-bond acceptors (Lipinski definition) is 7. The number of primary amides is 1. The molecule has 1 rings (SSSR count). The van der Waals surface area contributed by atoms with Gasteiger partial charge in [0, 0.05) is 39.5 Å². The second-order valence-corrected chi connectivity index (χ2v) is 12.6. The van der Waals surface area contributed by atoms with Crippen LogP contribution in [0.15, 0.2) is 18.2 Å². The molecule has 0 radical (unpaired) electrons. The van der Waals surface area contributed by atoms with Crippen LogP contribution in [0.2, 0.25) is 0 Å². The summed E-state index contributed by atoms with van der Waals surface area (Å²) in [5.41, 5.74) is 5.62. The average molecular weight is 594 g/mol. The Morgan fingerprint density at radius 2 is 1.67 bits per heavy atom. The second kappa shape index (κ2) is 18.0. The molecule has 0 saturated heterocycles. The highest BCUT2D eigenvalue weighted by molar-refractivity contribution is 5.83. The molecule has 0 saturated carbocycles. The number of carbonyl (C=O) groups is 3. The molecule has 4 atom stereocenters. The Morgan fingerprint density at radius 3 is 2.19 bits per heavy atom. The van der Waals surface area contributed by atoms with E-state index in [1.54, 1.807) is 28.1 Å². The fraction of sp³-hybridized carbons (Fsp3) is 0.719. The number of hydrogen-bond donors (Lipinski definition) is 4. The molecule has 1 aromatic rings. The third kappa shape index (κ3) is 12.6. The molecule has 3 amide bonds. The molecule has 0 aliphatic heterocycles. The summed E-state index contributed by atoms with van der Waals surface area (Å²) in [4.78, 5) is 37.0. The number of rotatable bonds is 20. The van der Waals surface area contributed by atoms with E-state index in [2.05, 4.69) is 24.5 Å². The fourth-order valence-corrected chi connectivity index (χ4v) is 4.77. The van der Waals surface area contributed by atoms with Gasteiger partial charge in [-0.05, 0) is 68.6 Å². The van der Waals surface area contributed by atoms with Crippen LogP contribution in [-0.2, 0) is 25.5 Å². The number of methoxy groups -OCH3 is 2. The fourth-order valence-electron chi connectivity index (χ4n) is 4.77. The summed E-state index contributed by atoms with van der Waals surface area (Å²) in [6, 6.07) is 5.34. The Balaban J connectivity index is 3.09. The summed E-state index contributed by atoms with van der Waals surface area (Å²) < 4.78 is 16.5. The molecule has 0 unspecified atom stereocenters. The maximum Gasteiger partial charge on any atom is 0.224 e. The van der Waals surface area contributed by atoms with Gasteiger partial charge in [-0.2, -0.15) is 0 Å². The molecule has 0 bridgehead atoms. The topological polar surface area (TPSA) is 149 Å². The van der Waals surface area contributed by atoms with Crippen molar-refractivity contribution in [1.82, 2.24) is 10.6 Å². The number of amides is 3. The van der Waals surface area contributed by atoms with Crippen molar-refractivity contribution >= 4 is 17.7 Å². The van der Waals surface area contributed by atoms with E-state index in [4.69, 9.17) is 19.9 Å². The Bertz CT molecular complexity index is 996. The molecule has 10 heteroatoms. The monoisotopic (exact) mass is 593 g/mol. The summed E-state index contributed by atoms with van der Waals surface area (Å²) in [7, 11) is 3.26. The van der Waals surface area contributed by atoms with Crippen LogP contribution < -0.4 is 25.8 Å². The lowest BCUT2D eigenvalue weighted by atomic mass is 9.80. The van der Waals surface area contributed by atoms with Crippen molar-refractivity contribution in [2.75, 3.05) is 34.0 Å². The molecule has 0 heterocycles. The van der Waals surface area contributed by atoms with Gasteiger partial charge < -0.3 is 35.7 Å². The number of nitrogens with one attached hydrogen (secondary N) is 2. The first kappa shape index (κ1) is 37.2. The highest BCUT2D eigenvalue weighted by atomic mass is 16.5. The molecule has 0 aliphatic rings. The molecular formula is C32H55N3O7. The van der Waals surface area contributed by atoms with Gasteiger partial charge in [0.05, 0.1) is 31.3 Å². The smallest absolute Gasteiger partial charge is 0.224 e. The van der Waals surface area contributed by atoms with E-state index in [1.165, 1.54) is 6.92 Å². The maximum atomic E-state index is 13.1. The van der Waals surface area contributed by atoms with Crippen molar-refractivity contribution < 1.29 is 33.7 Å². The molecule has 0 aliphatic carbocycles. The van der Waals surface area contributed by atoms with Crippen molar-refractivity contribution in [3.8, 4) is 11.5 Å². The Labute approximate surface area is 252 Å². The Hall–Kier alpha value is -2.85. The van der Waals surface area contributed by atoms with Gasteiger partial charge in [-0.3, -0.25) is 14.4 Å². The van der Waals surface area contributed by atoms with Gasteiger partial charge in [0.25, 0.3) is 0 Å². The number of benzene rings is 1. The molecule has 0 aromatic heterocycles. The zero-order chi connectivity index (χ0) is 32.0. The lowest BCUT2D eigenvalue weighted by Crippen LogP contribution is -2.48. The van der Waals surface area contributed by atoms with Gasteiger partial charge in [-0.15, -0.1) is 0 Å². The largest absolute Gasteiger partial charge is 0.493 e. The zero-order valence-electron chi connectivity index (χ0n) is 27.1. The molecule has 1 aromatic carbocycles. The molecule has 240 valence electrons. The Morgan fingerprint density at radius 1 is 1.00 bits per heavy atom. The third-order valence-electron chi connectivity index (χ3n) is 7.84. The van der Waals surface area contributed by atoms with Crippen molar-refractivity contribution in [1.29, 1.82) is 0 Å².